The van der Waals surface area contributed by atoms with Crippen LogP contribution in [0.5, 0.6) is 0 Å². The number of hydrogen-bond acceptors (Lipinski definition) is 4. The zero-order valence-corrected chi connectivity index (χ0v) is 11.5. The SMILES string of the molecule is CCCS[C@@H](C)/C=N/N1CCC[C@H]1COC. The molecule has 1 saturated heterocycles. The molecule has 0 aromatic carbocycles. The summed E-state index contributed by atoms with van der Waals surface area (Å²) in [5.74, 6) is 1.22. The lowest BCUT2D eigenvalue weighted by Gasteiger charge is -2.20. The van der Waals surface area contributed by atoms with Crippen molar-refractivity contribution >= 4 is 18.0 Å². The largest absolute Gasteiger partial charge is 0.382 e. The summed E-state index contributed by atoms with van der Waals surface area (Å²) in [5, 5.41) is 7.29. The van der Waals surface area contributed by atoms with Crippen LogP contribution in [0.3, 0.4) is 0 Å². The van der Waals surface area contributed by atoms with Crippen molar-refractivity contribution in [2.45, 2.75) is 44.4 Å². The summed E-state index contributed by atoms with van der Waals surface area (Å²) >= 11 is 1.97. The van der Waals surface area contributed by atoms with Crippen LogP contribution in [-0.2, 0) is 4.74 Å². The van der Waals surface area contributed by atoms with E-state index < -0.39 is 0 Å². The van der Waals surface area contributed by atoms with Gasteiger partial charge < -0.3 is 4.74 Å². The van der Waals surface area contributed by atoms with Crippen molar-refractivity contribution in [3.8, 4) is 0 Å². The number of hydrogen-bond donors (Lipinski definition) is 0. The normalized spacial score (nSPS) is 23.2. The third-order valence-electron chi connectivity index (χ3n) is 2.71. The molecule has 1 aliphatic rings. The third-order valence-corrected chi connectivity index (χ3v) is 4.01. The Morgan fingerprint density at radius 1 is 1.62 bits per heavy atom. The Kier molecular flexibility index (Phi) is 6.88. The van der Waals surface area contributed by atoms with E-state index in [9.17, 15) is 0 Å². The van der Waals surface area contributed by atoms with Gasteiger partial charge >= 0.3 is 0 Å². The summed E-state index contributed by atoms with van der Waals surface area (Å²) < 4.78 is 5.21. The standard InChI is InChI=1S/C12H24N2OS/c1-4-8-16-11(2)9-13-14-7-5-6-12(14)10-15-3/h9,11-12H,4-8,10H2,1-3H3/b13-9+/t11-,12-/m0/s1. The summed E-state index contributed by atoms with van der Waals surface area (Å²) in [6.45, 7) is 6.31. The predicted octanol–water partition coefficient (Wildman–Crippen LogP) is 2.61. The molecule has 0 N–H and O–H groups in total. The second-order valence-electron chi connectivity index (χ2n) is 4.25. The summed E-state index contributed by atoms with van der Waals surface area (Å²) in [5.41, 5.74) is 0. The van der Waals surface area contributed by atoms with Gasteiger partial charge in [0.25, 0.3) is 0 Å². The highest BCUT2D eigenvalue weighted by Gasteiger charge is 2.22. The first-order chi connectivity index (χ1) is 7.77. The first-order valence-electron chi connectivity index (χ1n) is 6.19. The minimum Gasteiger partial charge on any atom is -0.382 e. The summed E-state index contributed by atoms with van der Waals surface area (Å²) in [6, 6.07) is 0.490. The molecule has 2 atom stereocenters. The third kappa shape index (κ3) is 4.74. The molecule has 4 heteroatoms. The van der Waals surface area contributed by atoms with Crippen LogP contribution in [-0.4, -0.2) is 48.5 Å². The van der Waals surface area contributed by atoms with Crippen molar-refractivity contribution in [3.05, 3.63) is 0 Å². The van der Waals surface area contributed by atoms with Crippen LogP contribution < -0.4 is 0 Å². The van der Waals surface area contributed by atoms with Gasteiger partial charge in [0, 0.05) is 25.1 Å². The lowest BCUT2D eigenvalue weighted by molar-refractivity contribution is 0.118. The molecule has 0 aromatic heterocycles. The van der Waals surface area contributed by atoms with Crippen LogP contribution in [0.1, 0.15) is 33.1 Å². The number of thioether (sulfide) groups is 1. The van der Waals surface area contributed by atoms with Gasteiger partial charge in [0.05, 0.1) is 12.6 Å². The van der Waals surface area contributed by atoms with Gasteiger partial charge in [-0.15, -0.1) is 0 Å². The molecule has 94 valence electrons. The Hall–Kier alpha value is -0.220. The Labute approximate surface area is 104 Å². The van der Waals surface area contributed by atoms with Gasteiger partial charge in [-0.3, -0.25) is 5.01 Å². The molecule has 0 bridgehead atoms. The Morgan fingerprint density at radius 3 is 3.12 bits per heavy atom. The number of hydrazone groups is 1. The zero-order valence-electron chi connectivity index (χ0n) is 10.7. The van der Waals surface area contributed by atoms with Crippen molar-refractivity contribution in [2.24, 2.45) is 5.10 Å². The maximum atomic E-state index is 5.21. The minimum atomic E-state index is 0.490. The Morgan fingerprint density at radius 2 is 2.44 bits per heavy atom. The predicted molar refractivity (Wildman–Crippen MR) is 72.3 cm³/mol. The van der Waals surface area contributed by atoms with Crippen molar-refractivity contribution in [1.29, 1.82) is 0 Å². The van der Waals surface area contributed by atoms with Crippen molar-refractivity contribution in [1.82, 2.24) is 5.01 Å². The highest BCUT2D eigenvalue weighted by Crippen LogP contribution is 2.18. The molecular formula is C12H24N2OS. The maximum absolute atomic E-state index is 5.21. The molecule has 0 aromatic rings. The molecular weight excluding hydrogens is 220 g/mol. The van der Waals surface area contributed by atoms with Gasteiger partial charge in [-0.05, 0) is 31.9 Å². The van der Waals surface area contributed by atoms with E-state index in [1.54, 1.807) is 7.11 Å². The zero-order chi connectivity index (χ0) is 11.8. The molecule has 1 fully saturated rings. The van der Waals surface area contributed by atoms with Gasteiger partial charge in [0.15, 0.2) is 0 Å². The van der Waals surface area contributed by atoms with E-state index in [2.05, 4.69) is 30.2 Å². The van der Waals surface area contributed by atoms with Gasteiger partial charge in [0.2, 0.25) is 0 Å². The molecule has 0 radical (unpaired) electrons. The molecule has 0 spiro atoms. The first kappa shape index (κ1) is 13.8. The number of nitrogens with zero attached hydrogens (tertiary/aromatic N) is 2. The van der Waals surface area contributed by atoms with E-state index in [1.807, 2.05) is 11.8 Å². The highest BCUT2D eigenvalue weighted by atomic mass is 32.2. The smallest absolute Gasteiger partial charge is 0.0704 e. The van der Waals surface area contributed by atoms with Gasteiger partial charge in [-0.2, -0.15) is 16.9 Å². The molecule has 1 heterocycles. The lowest BCUT2D eigenvalue weighted by atomic mass is 10.2. The minimum absolute atomic E-state index is 0.490. The quantitative estimate of drug-likeness (QED) is 0.644. The van der Waals surface area contributed by atoms with Crippen molar-refractivity contribution in [2.75, 3.05) is 26.0 Å². The second-order valence-corrected chi connectivity index (χ2v) is 5.74. The van der Waals surface area contributed by atoms with Crippen LogP contribution in [0.15, 0.2) is 5.10 Å². The van der Waals surface area contributed by atoms with E-state index in [0.717, 1.165) is 13.2 Å². The molecule has 1 aliphatic heterocycles. The number of ether oxygens (including phenoxy) is 1. The average Bonchev–Trinajstić information content (AvgIpc) is 2.72. The van der Waals surface area contributed by atoms with Crippen LogP contribution in [0.4, 0.5) is 0 Å². The van der Waals surface area contributed by atoms with Crippen LogP contribution in [0.25, 0.3) is 0 Å². The summed E-state index contributed by atoms with van der Waals surface area (Å²) in [4.78, 5) is 0. The average molecular weight is 244 g/mol. The highest BCUT2D eigenvalue weighted by molar-refractivity contribution is 8.00. The van der Waals surface area contributed by atoms with Gasteiger partial charge in [-0.1, -0.05) is 6.92 Å². The second kappa shape index (κ2) is 7.96. The summed E-state index contributed by atoms with van der Waals surface area (Å²) in [7, 11) is 1.76. The fourth-order valence-electron chi connectivity index (χ4n) is 1.86. The Balaban J connectivity index is 2.31. The Bertz CT molecular complexity index is 211. The van der Waals surface area contributed by atoms with E-state index in [0.29, 0.717) is 11.3 Å². The molecule has 0 saturated carbocycles. The number of rotatable bonds is 7. The molecule has 1 rings (SSSR count). The summed E-state index contributed by atoms with van der Waals surface area (Å²) in [6.07, 6.45) is 5.76. The number of methoxy groups -OCH3 is 1. The lowest BCUT2D eigenvalue weighted by Crippen LogP contribution is -2.28. The van der Waals surface area contributed by atoms with E-state index in [4.69, 9.17) is 4.74 Å². The maximum Gasteiger partial charge on any atom is 0.0704 e. The molecule has 0 unspecified atom stereocenters. The van der Waals surface area contributed by atoms with E-state index in [1.165, 1.54) is 25.0 Å². The topological polar surface area (TPSA) is 24.8 Å². The van der Waals surface area contributed by atoms with E-state index in [-0.39, 0.29) is 0 Å². The molecule has 3 nitrogen and oxygen atoms in total. The monoisotopic (exact) mass is 244 g/mol. The van der Waals surface area contributed by atoms with Crippen molar-refractivity contribution in [3.63, 3.8) is 0 Å². The molecule has 0 amide bonds. The fourth-order valence-corrected chi connectivity index (χ4v) is 2.61. The van der Waals surface area contributed by atoms with Crippen molar-refractivity contribution < 1.29 is 4.74 Å². The van der Waals surface area contributed by atoms with Gasteiger partial charge in [-0.25, -0.2) is 0 Å². The molecule has 16 heavy (non-hydrogen) atoms. The van der Waals surface area contributed by atoms with E-state index >= 15 is 0 Å². The van der Waals surface area contributed by atoms with Crippen LogP contribution >= 0.6 is 11.8 Å². The van der Waals surface area contributed by atoms with Crippen LogP contribution in [0, 0.1) is 0 Å². The van der Waals surface area contributed by atoms with Gasteiger partial charge in [0.1, 0.15) is 0 Å². The molecule has 0 aliphatic carbocycles. The first-order valence-corrected chi connectivity index (χ1v) is 7.24. The fraction of sp³-hybridized carbons (Fsp3) is 0.917. The van der Waals surface area contributed by atoms with Crippen LogP contribution in [0.2, 0.25) is 0 Å².